The molecule has 0 aliphatic rings. The minimum absolute atomic E-state index is 0.575. The van der Waals surface area contributed by atoms with Crippen LogP contribution in [0.2, 0.25) is 0 Å². The normalized spacial score (nSPS) is 10.5. The molecule has 0 saturated carbocycles. The SMILES string of the molecule is CCOCCOc1ccc(CNc2ccc(OCCc3ccccc3)cc2)cc1. The van der Waals surface area contributed by atoms with Gasteiger partial charge in [-0.1, -0.05) is 42.5 Å². The predicted octanol–water partition coefficient (Wildman–Crippen LogP) is 5.34. The number of anilines is 1. The molecule has 29 heavy (non-hydrogen) atoms. The summed E-state index contributed by atoms with van der Waals surface area (Å²) in [5.74, 6) is 1.76. The van der Waals surface area contributed by atoms with Crippen molar-refractivity contribution in [2.45, 2.75) is 19.9 Å². The van der Waals surface area contributed by atoms with Crippen molar-refractivity contribution in [3.8, 4) is 11.5 Å². The van der Waals surface area contributed by atoms with Crippen LogP contribution >= 0.6 is 0 Å². The Balaban J connectivity index is 1.38. The van der Waals surface area contributed by atoms with E-state index in [4.69, 9.17) is 14.2 Å². The van der Waals surface area contributed by atoms with Gasteiger partial charge in [-0.3, -0.25) is 0 Å². The van der Waals surface area contributed by atoms with Crippen molar-refractivity contribution in [3.05, 3.63) is 90.0 Å². The fourth-order valence-electron chi connectivity index (χ4n) is 2.87. The average molecular weight is 392 g/mol. The number of rotatable bonds is 12. The molecule has 0 aliphatic carbocycles. The summed E-state index contributed by atoms with van der Waals surface area (Å²) >= 11 is 0. The third kappa shape index (κ3) is 7.51. The van der Waals surface area contributed by atoms with Crippen LogP contribution in [0.25, 0.3) is 0 Å². The number of nitrogens with one attached hydrogen (secondary N) is 1. The summed E-state index contributed by atoms with van der Waals surface area (Å²) < 4.78 is 16.8. The van der Waals surface area contributed by atoms with Crippen LogP contribution in [0.3, 0.4) is 0 Å². The van der Waals surface area contributed by atoms with Gasteiger partial charge in [0.15, 0.2) is 0 Å². The van der Waals surface area contributed by atoms with Crippen LogP contribution < -0.4 is 14.8 Å². The van der Waals surface area contributed by atoms with Gasteiger partial charge in [0.2, 0.25) is 0 Å². The highest BCUT2D eigenvalue weighted by Crippen LogP contribution is 2.18. The summed E-state index contributed by atoms with van der Waals surface area (Å²) in [5, 5.41) is 3.43. The molecule has 1 N–H and O–H groups in total. The molecule has 152 valence electrons. The Kier molecular flexibility index (Phi) is 8.42. The monoisotopic (exact) mass is 391 g/mol. The molecular formula is C25H29NO3. The van der Waals surface area contributed by atoms with Gasteiger partial charge in [0.25, 0.3) is 0 Å². The zero-order valence-corrected chi connectivity index (χ0v) is 17.0. The molecule has 4 nitrogen and oxygen atoms in total. The summed E-state index contributed by atoms with van der Waals surface area (Å²) in [6, 6.07) is 26.6. The quantitative estimate of drug-likeness (QED) is 0.423. The third-order valence-electron chi connectivity index (χ3n) is 4.48. The van der Waals surface area contributed by atoms with E-state index < -0.39 is 0 Å². The summed E-state index contributed by atoms with van der Waals surface area (Å²) in [6.45, 7) is 5.32. The minimum atomic E-state index is 0.575. The van der Waals surface area contributed by atoms with Crippen LogP contribution in [0.5, 0.6) is 11.5 Å². The predicted molar refractivity (Wildman–Crippen MR) is 118 cm³/mol. The lowest BCUT2D eigenvalue weighted by molar-refractivity contribution is 0.110. The van der Waals surface area contributed by atoms with E-state index in [1.165, 1.54) is 11.1 Å². The summed E-state index contributed by atoms with van der Waals surface area (Å²) in [5.41, 5.74) is 3.55. The van der Waals surface area contributed by atoms with Crippen molar-refractivity contribution in [1.82, 2.24) is 0 Å². The molecule has 3 rings (SSSR count). The van der Waals surface area contributed by atoms with Crippen LogP contribution in [0.1, 0.15) is 18.1 Å². The highest BCUT2D eigenvalue weighted by molar-refractivity contribution is 5.47. The number of hydrogen-bond donors (Lipinski definition) is 1. The van der Waals surface area contributed by atoms with Gasteiger partial charge in [0, 0.05) is 25.3 Å². The molecule has 0 radical (unpaired) electrons. The molecule has 3 aromatic rings. The first-order valence-electron chi connectivity index (χ1n) is 10.1. The van der Waals surface area contributed by atoms with E-state index in [0.29, 0.717) is 19.8 Å². The van der Waals surface area contributed by atoms with Gasteiger partial charge in [-0.05, 0) is 54.4 Å². The maximum absolute atomic E-state index is 5.84. The van der Waals surface area contributed by atoms with E-state index in [0.717, 1.165) is 36.8 Å². The van der Waals surface area contributed by atoms with Gasteiger partial charge in [-0.2, -0.15) is 0 Å². The van der Waals surface area contributed by atoms with Crippen LogP contribution in [-0.4, -0.2) is 26.4 Å². The van der Waals surface area contributed by atoms with Gasteiger partial charge in [0.1, 0.15) is 18.1 Å². The Hall–Kier alpha value is -2.98. The van der Waals surface area contributed by atoms with Crippen molar-refractivity contribution >= 4 is 5.69 Å². The fraction of sp³-hybridized carbons (Fsp3) is 0.280. The fourth-order valence-corrected chi connectivity index (χ4v) is 2.87. The highest BCUT2D eigenvalue weighted by atomic mass is 16.5. The molecule has 0 saturated heterocycles. The smallest absolute Gasteiger partial charge is 0.119 e. The number of ether oxygens (including phenoxy) is 3. The van der Waals surface area contributed by atoms with Gasteiger partial charge in [0.05, 0.1) is 13.2 Å². The Bertz CT molecular complexity index is 817. The Morgan fingerprint density at radius 2 is 1.31 bits per heavy atom. The van der Waals surface area contributed by atoms with E-state index in [2.05, 4.69) is 41.7 Å². The standard InChI is InChI=1S/C25H29NO3/c1-2-27-18-19-29-24-12-8-22(9-13-24)20-26-23-10-14-25(15-11-23)28-17-16-21-6-4-3-5-7-21/h3-15,26H,2,16-20H2,1H3. The van der Waals surface area contributed by atoms with E-state index in [9.17, 15) is 0 Å². The van der Waals surface area contributed by atoms with E-state index in [-0.39, 0.29) is 0 Å². The Labute approximate surface area is 173 Å². The van der Waals surface area contributed by atoms with Gasteiger partial charge in [-0.25, -0.2) is 0 Å². The Morgan fingerprint density at radius 1 is 0.655 bits per heavy atom. The largest absolute Gasteiger partial charge is 0.493 e. The van der Waals surface area contributed by atoms with Crippen molar-refractivity contribution in [2.75, 3.05) is 31.7 Å². The van der Waals surface area contributed by atoms with Crippen LogP contribution in [-0.2, 0) is 17.7 Å². The van der Waals surface area contributed by atoms with E-state index >= 15 is 0 Å². The minimum Gasteiger partial charge on any atom is -0.493 e. The molecule has 4 heteroatoms. The number of hydrogen-bond acceptors (Lipinski definition) is 4. The van der Waals surface area contributed by atoms with Gasteiger partial charge in [-0.15, -0.1) is 0 Å². The van der Waals surface area contributed by atoms with Crippen molar-refractivity contribution in [3.63, 3.8) is 0 Å². The molecule has 0 spiro atoms. The average Bonchev–Trinajstić information content (AvgIpc) is 2.78. The second-order valence-electron chi connectivity index (χ2n) is 6.65. The summed E-state index contributed by atoms with van der Waals surface area (Å²) in [6.07, 6.45) is 0.909. The van der Waals surface area contributed by atoms with Gasteiger partial charge < -0.3 is 19.5 Å². The molecule has 0 heterocycles. The van der Waals surface area contributed by atoms with Crippen molar-refractivity contribution < 1.29 is 14.2 Å². The van der Waals surface area contributed by atoms with E-state index in [1.807, 2.05) is 49.4 Å². The first-order valence-corrected chi connectivity index (χ1v) is 10.1. The highest BCUT2D eigenvalue weighted by Gasteiger charge is 1.99. The topological polar surface area (TPSA) is 39.7 Å². The first kappa shape index (κ1) is 20.7. The molecule has 0 amide bonds. The lowest BCUT2D eigenvalue weighted by atomic mass is 10.2. The zero-order chi connectivity index (χ0) is 20.2. The second kappa shape index (κ2) is 11.8. The summed E-state index contributed by atoms with van der Waals surface area (Å²) in [7, 11) is 0. The molecular weight excluding hydrogens is 362 g/mol. The molecule has 0 fully saturated rings. The van der Waals surface area contributed by atoms with Crippen LogP contribution in [0, 0.1) is 0 Å². The lowest BCUT2D eigenvalue weighted by Gasteiger charge is -2.10. The molecule has 0 aromatic heterocycles. The van der Waals surface area contributed by atoms with Crippen LogP contribution in [0.15, 0.2) is 78.9 Å². The molecule has 0 bridgehead atoms. The van der Waals surface area contributed by atoms with Crippen LogP contribution in [0.4, 0.5) is 5.69 Å². The molecule has 0 aliphatic heterocycles. The third-order valence-corrected chi connectivity index (χ3v) is 4.48. The molecule has 0 atom stereocenters. The first-order chi connectivity index (χ1) is 14.3. The molecule has 3 aromatic carbocycles. The van der Waals surface area contributed by atoms with E-state index in [1.54, 1.807) is 0 Å². The van der Waals surface area contributed by atoms with Crippen molar-refractivity contribution in [1.29, 1.82) is 0 Å². The second-order valence-corrected chi connectivity index (χ2v) is 6.65. The van der Waals surface area contributed by atoms with Crippen molar-refractivity contribution in [2.24, 2.45) is 0 Å². The molecule has 0 unspecified atom stereocenters. The zero-order valence-electron chi connectivity index (χ0n) is 17.0. The maximum Gasteiger partial charge on any atom is 0.119 e. The summed E-state index contributed by atoms with van der Waals surface area (Å²) in [4.78, 5) is 0. The maximum atomic E-state index is 5.84. The number of benzene rings is 3. The Morgan fingerprint density at radius 3 is 2.00 bits per heavy atom. The van der Waals surface area contributed by atoms with Gasteiger partial charge >= 0.3 is 0 Å². The lowest BCUT2D eigenvalue weighted by Crippen LogP contribution is -2.06.